The average Bonchev–Trinajstić information content (AvgIpc) is 2.16. The Morgan fingerprint density at radius 3 is 2.64 bits per heavy atom. The SMILES string of the molecule is COc1cc(C(F)F)c(C)nc1CCl. The van der Waals surface area contributed by atoms with Crippen molar-refractivity contribution in [3.63, 3.8) is 0 Å². The van der Waals surface area contributed by atoms with Crippen molar-refractivity contribution >= 4 is 11.6 Å². The van der Waals surface area contributed by atoms with Gasteiger partial charge in [-0.2, -0.15) is 0 Å². The number of aryl methyl sites for hydroxylation is 1. The van der Waals surface area contributed by atoms with E-state index >= 15 is 0 Å². The molecule has 0 saturated carbocycles. The Morgan fingerprint density at radius 2 is 2.21 bits per heavy atom. The maximum atomic E-state index is 12.5. The summed E-state index contributed by atoms with van der Waals surface area (Å²) in [5.41, 5.74) is 0.656. The van der Waals surface area contributed by atoms with Crippen molar-refractivity contribution in [3.05, 3.63) is 23.0 Å². The molecule has 0 saturated heterocycles. The van der Waals surface area contributed by atoms with Crippen LogP contribution in [0.15, 0.2) is 6.07 Å². The molecular formula is C9H10ClF2NO. The van der Waals surface area contributed by atoms with Crippen LogP contribution in [0.2, 0.25) is 0 Å². The smallest absolute Gasteiger partial charge is 0.265 e. The van der Waals surface area contributed by atoms with E-state index in [2.05, 4.69) is 4.98 Å². The fourth-order valence-electron chi connectivity index (χ4n) is 1.14. The summed E-state index contributed by atoms with van der Waals surface area (Å²) in [5, 5.41) is 0. The summed E-state index contributed by atoms with van der Waals surface area (Å²) in [6, 6.07) is 1.28. The lowest BCUT2D eigenvalue weighted by molar-refractivity contribution is 0.149. The molecule has 0 fully saturated rings. The molecule has 78 valence electrons. The van der Waals surface area contributed by atoms with Crippen LogP contribution in [-0.2, 0) is 5.88 Å². The van der Waals surface area contributed by atoms with Crippen molar-refractivity contribution in [2.75, 3.05) is 7.11 Å². The first-order chi connectivity index (χ1) is 6.60. The average molecular weight is 222 g/mol. The number of aromatic nitrogens is 1. The van der Waals surface area contributed by atoms with Crippen molar-refractivity contribution in [2.24, 2.45) is 0 Å². The van der Waals surface area contributed by atoms with E-state index in [0.717, 1.165) is 0 Å². The summed E-state index contributed by atoms with van der Waals surface area (Å²) in [4.78, 5) is 3.95. The molecule has 5 heteroatoms. The fourth-order valence-corrected chi connectivity index (χ4v) is 1.34. The van der Waals surface area contributed by atoms with E-state index in [-0.39, 0.29) is 17.1 Å². The van der Waals surface area contributed by atoms with Crippen molar-refractivity contribution in [1.29, 1.82) is 0 Å². The zero-order valence-corrected chi connectivity index (χ0v) is 8.61. The van der Waals surface area contributed by atoms with Gasteiger partial charge in [0.05, 0.1) is 18.7 Å². The van der Waals surface area contributed by atoms with Crippen LogP contribution in [-0.4, -0.2) is 12.1 Å². The van der Waals surface area contributed by atoms with E-state index in [1.54, 1.807) is 0 Å². The molecule has 0 aliphatic carbocycles. The van der Waals surface area contributed by atoms with Crippen molar-refractivity contribution in [1.82, 2.24) is 4.98 Å². The summed E-state index contributed by atoms with van der Waals surface area (Å²) < 4.78 is 29.8. The summed E-state index contributed by atoms with van der Waals surface area (Å²) in [6.45, 7) is 1.52. The monoisotopic (exact) mass is 221 g/mol. The number of rotatable bonds is 3. The van der Waals surface area contributed by atoms with Crippen molar-refractivity contribution < 1.29 is 13.5 Å². The molecule has 0 bridgehead atoms. The van der Waals surface area contributed by atoms with Gasteiger partial charge < -0.3 is 4.74 Å². The second-order valence-electron chi connectivity index (χ2n) is 2.75. The highest BCUT2D eigenvalue weighted by atomic mass is 35.5. The van der Waals surface area contributed by atoms with Crippen molar-refractivity contribution in [2.45, 2.75) is 19.2 Å². The Balaban J connectivity index is 3.23. The topological polar surface area (TPSA) is 22.1 Å². The highest BCUT2D eigenvalue weighted by Crippen LogP contribution is 2.28. The molecule has 0 spiro atoms. The normalized spacial score (nSPS) is 10.7. The summed E-state index contributed by atoms with van der Waals surface area (Å²) in [6.07, 6.45) is -2.54. The van der Waals surface area contributed by atoms with Gasteiger partial charge in [-0.25, -0.2) is 8.78 Å². The maximum Gasteiger partial charge on any atom is 0.265 e. The molecule has 0 radical (unpaired) electrons. The highest BCUT2D eigenvalue weighted by Gasteiger charge is 2.15. The number of ether oxygens (including phenoxy) is 1. The molecule has 2 nitrogen and oxygen atoms in total. The molecule has 14 heavy (non-hydrogen) atoms. The van der Waals surface area contributed by atoms with Gasteiger partial charge in [-0.05, 0) is 13.0 Å². The largest absolute Gasteiger partial charge is 0.495 e. The molecule has 0 amide bonds. The van der Waals surface area contributed by atoms with Crippen molar-refractivity contribution in [3.8, 4) is 5.75 Å². The van der Waals surface area contributed by atoms with Gasteiger partial charge in [0.1, 0.15) is 5.75 Å². The van der Waals surface area contributed by atoms with Gasteiger partial charge in [0, 0.05) is 11.3 Å². The minimum Gasteiger partial charge on any atom is -0.495 e. The van der Waals surface area contributed by atoms with E-state index in [4.69, 9.17) is 16.3 Å². The number of halogens is 3. The molecule has 0 N–H and O–H groups in total. The molecular weight excluding hydrogens is 212 g/mol. The molecule has 0 unspecified atom stereocenters. The van der Waals surface area contributed by atoms with Crippen LogP contribution in [0.4, 0.5) is 8.78 Å². The lowest BCUT2D eigenvalue weighted by atomic mass is 10.2. The predicted octanol–water partition coefficient (Wildman–Crippen LogP) is 3.08. The first-order valence-corrected chi connectivity index (χ1v) is 4.52. The number of pyridine rings is 1. The highest BCUT2D eigenvalue weighted by molar-refractivity contribution is 6.17. The fraction of sp³-hybridized carbons (Fsp3) is 0.444. The van der Waals surface area contributed by atoms with Crippen LogP contribution in [0.1, 0.15) is 23.4 Å². The summed E-state index contributed by atoms with van der Waals surface area (Å²) >= 11 is 5.58. The third kappa shape index (κ3) is 2.12. The van der Waals surface area contributed by atoms with Crippen LogP contribution in [0.3, 0.4) is 0 Å². The first kappa shape index (κ1) is 11.2. The zero-order chi connectivity index (χ0) is 10.7. The van der Waals surface area contributed by atoms with Crippen LogP contribution >= 0.6 is 11.6 Å². The second-order valence-corrected chi connectivity index (χ2v) is 3.01. The molecule has 1 aromatic heterocycles. The van der Waals surface area contributed by atoms with Gasteiger partial charge in [-0.1, -0.05) is 0 Å². The van der Waals surface area contributed by atoms with Gasteiger partial charge in [0.25, 0.3) is 6.43 Å². The standard InChI is InChI=1S/C9H10ClF2NO/c1-5-6(9(11)12)3-8(14-2)7(4-10)13-5/h3,9H,4H2,1-2H3. The summed E-state index contributed by atoms with van der Waals surface area (Å²) in [7, 11) is 1.40. The Bertz CT molecular complexity index is 331. The second kappa shape index (κ2) is 4.55. The van der Waals surface area contributed by atoms with Crippen LogP contribution < -0.4 is 4.74 Å². The third-order valence-electron chi connectivity index (χ3n) is 1.87. The maximum absolute atomic E-state index is 12.5. The lowest BCUT2D eigenvalue weighted by Crippen LogP contribution is -2.00. The lowest BCUT2D eigenvalue weighted by Gasteiger charge is -2.10. The molecule has 1 rings (SSSR count). The van der Waals surface area contributed by atoms with E-state index in [9.17, 15) is 8.78 Å². The molecule has 0 atom stereocenters. The predicted molar refractivity (Wildman–Crippen MR) is 50.0 cm³/mol. The van der Waals surface area contributed by atoms with E-state index in [1.165, 1.54) is 20.1 Å². The minimum absolute atomic E-state index is 0.115. The number of methoxy groups -OCH3 is 1. The Hall–Kier alpha value is -0.900. The van der Waals surface area contributed by atoms with Crippen LogP contribution in [0, 0.1) is 6.92 Å². The van der Waals surface area contributed by atoms with Crippen LogP contribution in [0.25, 0.3) is 0 Å². The third-order valence-corrected chi connectivity index (χ3v) is 2.13. The molecule has 0 aromatic carbocycles. The van der Waals surface area contributed by atoms with Gasteiger partial charge in [-0.15, -0.1) is 11.6 Å². The van der Waals surface area contributed by atoms with Crippen LogP contribution in [0.5, 0.6) is 5.75 Å². The Labute approximate surface area is 85.9 Å². The van der Waals surface area contributed by atoms with Gasteiger partial charge in [0.15, 0.2) is 0 Å². The summed E-state index contributed by atoms with van der Waals surface area (Å²) in [5.74, 6) is 0.453. The number of nitrogens with zero attached hydrogens (tertiary/aromatic N) is 1. The first-order valence-electron chi connectivity index (χ1n) is 3.98. The minimum atomic E-state index is -2.54. The molecule has 1 heterocycles. The molecule has 0 aliphatic heterocycles. The van der Waals surface area contributed by atoms with Gasteiger partial charge in [0.2, 0.25) is 0 Å². The van der Waals surface area contributed by atoms with E-state index in [1.807, 2.05) is 0 Å². The van der Waals surface area contributed by atoms with Gasteiger partial charge >= 0.3 is 0 Å². The van der Waals surface area contributed by atoms with E-state index in [0.29, 0.717) is 11.4 Å². The molecule has 0 aliphatic rings. The number of hydrogen-bond acceptors (Lipinski definition) is 2. The Kier molecular flexibility index (Phi) is 3.63. The quantitative estimate of drug-likeness (QED) is 0.732. The molecule has 1 aromatic rings. The number of alkyl halides is 3. The Morgan fingerprint density at radius 1 is 1.57 bits per heavy atom. The van der Waals surface area contributed by atoms with Gasteiger partial charge in [-0.3, -0.25) is 4.98 Å². The zero-order valence-electron chi connectivity index (χ0n) is 7.85. The van der Waals surface area contributed by atoms with E-state index < -0.39 is 6.43 Å². The number of hydrogen-bond donors (Lipinski definition) is 0.